The zero-order valence-electron chi connectivity index (χ0n) is 13.8. The average molecular weight is 310 g/mol. The van der Waals surface area contributed by atoms with E-state index in [9.17, 15) is 9.90 Å². The van der Waals surface area contributed by atoms with Gasteiger partial charge in [-0.1, -0.05) is 35.5 Å². The fourth-order valence-corrected chi connectivity index (χ4v) is 1.33. The van der Waals surface area contributed by atoms with E-state index in [0.717, 1.165) is 5.56 Å². The Bertz CT molecular complexity index is 458. The normalized spacial score (nSPS) is 13.9. The van der Waals surface area contributed by atoms with E-state index in [1.165, 1.54) is 6.92 Å². The Kier molecular flexibility index (Phi) is 9.82. The third kappa shape index (κ3) is 8.39. The first kappa shape index (κ1) is 20.1. The molecule has 0 saturated heterocycles. The summed E-state index contributed by atoms with van der Waals surface area (Å²) in [5, 5.41) is 24.5. The van der Waals surface area contributed by atoms with Crippen LogP contribution in [0.25, 0.3) is 0 Å². The molecule has 22 heavy (non-hydrogen) atoms. The predicted octanol–water partition coefficient (Wildman–Crippen LogP) is 2.20. The Morgan fingerprint density at radius 1 is 1.23 bits per heavy atom. The van der Waals surface area contributed by atoms with Gasteiger partial charge in [-0.2, -0.15) is 0 Å². The summed E-state index contributed by atoms with van der Waals surface area (Å²) in [5.74, 6) is -1.01. The number of carboxylic acid groups (broad SMARTS) is 1. The second-order valence-electron chi connectivity index (χ2n) is 5.06. The van der Waals surface area contributed by atoms with Crippen LogP contribution in [0.4, 0.5) is 0 Å². The van der Waals surface area contributed by atoms with Crippen molar-refractivity contribution >= 4 is 11.7 Å². The van der Waals surface area contributed by atoms with Gasteiger partial charge in [-0.05, 0) is 40.3 Å². The van der Waals surface area contributed by atoms with Crippen LogP contribution in [-0.2, 0) is 9.63 Å². The minimum absolute atomic E-state index is 0.0902. The molecule has 0 saturated carbocycles. The number of nitrogens with zero attached hydrogens (tertiary/aromatic N) is 1. The Morgan fingerprint density at radius 2 is 1.77 bits per heavy atom. The third-order valence-electron chi connectivity index (χ3n) is 2.81. The van der Waals surface area contributed by atoms with Crippen LogP contribution in [-0.4, -0.2) is 41.1 Å². The zero-order valence-corrected chi connectivity index (χ0v) is 13.8. The van der Waals surface area contributed by atoms with E-state index in [0.29, 0.717) is 5.71 Å². The highest BCUT2D eigenvalue weighted by Crippen LogP contribution is 2.15. The van der Waals surface area contributed by atoms with Crippen LogP contribution < -0.4 is 5.32 Å². The van der Waals surface area contributed by atoms with E-state index < -0.39 is 18.2 Å². The van der Waals surface area contributed by atoms with Gasteiger partial charge in [0.25, 0.3) is 0 Å². The van der Waals surface area contributed by atoms with E-state index in [4.69, 9.17) is 5.11 Å². The van der Waals surface area contributed by atoms with Gasteiger partial charge in [0.1, 0.15) is 0 Å². The molecule has 6 heteroatoms. The van der Waals surface area contributed by atoms with Crippen molar-refractivity contribution < 1.29 is 19.8 Å². The van der Waals surface area contributed by atoms with Crippen molar-refractivity contribution in [3.63, 3.8) is 0 Å². The molecule has 3 N–H and O–H groups in total. The molecule has 0 heterocycles. The second kappa shape index (κ2) is 10.8. The average Bonchev–Trinajstić information content (AvgIpc) is 2.52. The Labute approximate surface area is 131 Å². The Morgan fingerprint density at radius 3 is 2.18 bits per heavy atom. The molecule has 1 aromatic rings. The maximum atomic E-state index is 10.1. The van der Waals surface area contributed by atoms with Crippen molar-refractivity contribution in [1.29, 1.82) is 0 Å². The van der Waals surface area contributed by atoms with Crippen LogP contribution in [0, 0.1) is 0 Å². The highest BCUT2D eigenvalue weighted by Gasteiger charge is 2.13. The van der Waals surface area contributed by atoms with E-state index >= 15 is 0 Å². The van der Waals surface area contributed by atoms with Crippen LogP contribution in [0.5, 0.6) is 0 Å². The van der Waals surface area contributed by atoms with Crippen molar-refractivity contribution in [2.24, 2.45) is 5.16 Å². The molecular formula is C16H26N2O4. The summed E-state index contributed by atoms with van der Waals surface area (Å²) in [5.41, 5.74) is 1.66. The van der Waals surface area contributed by atoms with Gasteiger partial charge in [0.05, 0.1) is 11.8 Å². The summed E-state index contributed by atoms with van der Waals surface area (Å²) in [6.07, 6.45) is -1.29. The number of carboxylic acids is 1. The molecular weight excluding hydrogens is 284 g/mol. The number of oxime groups is 1. The molecule has 0 aliphatic rings. The van der Waals surface area contributed by atoms with Gasteiger partial charge in [-0.25, -0.2) is 4.79 Å². The van der Waals surface area contributed by atoms with E-state index in [1.54, 1.807) is 13.8 Å². The van der Waals surface area contributed by atoms with E-state index in [2.05, 4.69) is 15.3 Å². The number of hydrogen-bond acceptors (Lipinski definition) is 5. The number of aliphatic hydroxyl groups excluding tert-OH is 1. The molecule has 3 atom stereocenters. The largest absolute Gasteiger partial charge is 0.478 e. The molecule has 3 unspecified atom stereocenters. The number of hydrogen-bond donors (Lipinski definition) is 3. The molecule has 0 amide bonds. The van der Waals surface area contributed by atoms with Crippen LogP contribution >= 0.6 is 0 Å². The van der Waals surface area contributed by atoms with Crippen molar-refractivity contribution in [1.82, 2.24) is 5.32 Å². The summed E-state index contributed by atoms with van der Waals surface area (Å²) >= 11 is 0. The number of likely N-dealkylation sites (N-methyl/N-ethyl adjacent to an activating group) is 1. The molecule has 0 radical (unpaired) electrons. The van der Waals surface area contributed by atoms with Crippen LogP contribution in [0.2, 0.25) is 0 Å². The standard InChI is InChI=1S/C10H15NO.C6H11NO3/c1-8(11-2)10(12)9-6-4-3-5-7-9;1-4(2)7-10-5(3)6(8)9/h3-8,10-12H,1-2H3;5H,1-3H3,(H,8,9). The van der Waals surface area contributed by atoms with Crippen molar-refractivity contribution in [3.8, 4) is 0 Å². The first-order valence-electron chi connectivity index (χ1n) is 7.09. The van der Waals surface area contributed by atoms with Gasteiger partial charge in [-0.3, -0.25) is 0 Å². The summed E-state index contributed by atoms with van der Waals surface area (Å²) in [4.78, 5) is 14.7. The SMILES string of the molecule is CC(C)=NOC(C)C(=O)O.CNC(C)C(O)c1ccccc1. The number of benzene rings is 1. The summed E-state index contributed by atoms with van der Waals surface area (Å²) in [6.45, 7) is 6.84. The lowest BCUT2D eigenvalue weighted by Crippen LogP contribution is -2.28. The first-order valence-corrected chi connectivity index (χ1v) is 7.09. The number of carbonyl (C=O) groups is 1. The minimum atomic E-state index is -1.01. The highest BCUT2D eigenvalue weighted by atomic mass is 16.6. The number of nitrogens with one attached hydrogen (secondary N) is 1. The van der Waals surface area contributed by atoms with Gasteiger partial charge in [-0.15, -0.1) is 0 Å². The fourth-order valence-electron chi connectivity index (χ4n) is 1.33. The fraction of sp³-hybridized carbons (Fsp3) is 0.500. The van der Waals surface area contributed by atoms with Gasteiger partial charge in [0.2, 0.25) is 6.10 Å². The van der Waals surface area contributed by atoms with Crippen molar-refractivity contribution in [3.05, 3.63) is 35.9 Å². The highest BCUT2D eigenvalue weighted by molar-refractivity contribution is 5.78. The first-order chi connectivity index (χ1) is 10.3. The number of aliphatic hydroxyl groups is 1. The van der Waals surface area contributed by atoms with Crippen LogP contribution in [0.3, 0.4) is 0 Å². The second-order valence-corrected chi connectivity index (χ2v) is 5.06. The quantitative estimate of drug-likeness (QED) is 0.553. The van der Waals surface area contributed by atoms with Gasteiger partial charge >= 0.3 is 5.97 Å². The van der Waals surface area contributed by atoms with Gasteiger partial charge in [0.15, 0.2) is 0 Å². The van der Waals surface area contributed by atoms with E-state index in [-0.39, 0.29) is 6.04 Å². The zero-order chi connectivity index (χ0) is 17.1. The minimum Gasteiger partial charge on any atom is -0.478 e. The molecule has 1 rings (SSSR count). The molecule has 6 nitrogen and oxygen atoms in total. The lowest BCUT2D eigenvalue weighted by Gasteiger charge is -2.17. The molecule has 0 fully saturated rings. The maximum absolute atomic E-state index is 10.1. The topological polar surface area (TPSA) is 91.2 Å². The molecule has 0 aliphatic heterocycles. The summed E-state index contributed by atoms with van der Waals surface area (Å²) < 4.78 is 0. The van der Waals surface area contributed by atoms with E-state index in [1.807, 2.05) is 44.3 Å². The Hall–Kier alpha value is -1.92. The molecule has 0 aliphatic carbocycles. The van der Waals surface area contributed by atoms with Gasteiger partial charge < -0.3 is 20.4 Å². The van der Waals surface area contributed by atoms with Crippen LogP contribution in [0.15, 0.2) is 35.5 Å². The van der Waals surface area contributed by atoms with Gasteiger partial charge in [0, 0.05) is 6.04 Å². The third-order valence-corrected chi connectivity index (χ3v) is 2.81. The van der Waals surface area contributed by atoms with Crippen LogP contribution in [0.1, 0.15) is 39.4 Å². The van der Waals surface area contributed by atoms with Crippen molar-refractivity contribution in [2.45, 2.75) is 45.9 Å². The Balaban J connectivity index is 0.000000409. The number of rotatable bonds is 6. The molecule has 124 valence electrons. The predicted molar refractivity (Wildman–Crippen MR) is 86.9 cm³/mol. The molecule has 0 spiro atoms. The monoisotopic (exact) mass is 310 g/mol. The molecule has 1 aromatic carbocycles. The lowest BCUT2D eigenvalue weighted by atomic mass is 10.0. The summed E-state index contributed by atoms with van der Waals surface area (Å²) in [7, 11) is 1.84. The number of aliphatic carboxylic acids is 1. The lowest BCUT2D eigenvalue weighted by molar-refractivity contribution is -0.149. The smallest absolute Gasteiger partial charge is 0.347 e. The molecule has 0 bridgehead atoms. The molecule has 0 aromatic heterocycles. The summed E-state index contributed by atoms with van der Waals surface area (Å²) in [6, 6.07) is 9.76. The maximum Gasteiger partial charge on any atom is 0.347 e. The van der Waals surface area contributed by atoms with Crippen molar-refractivity contribution in [2.75, 3.05) is 7.05 Å².